The first-order chi connectivity index (χ1) is 11.9. The zero-order chi connectivity index (χ0) is 16.4. The number of aromatic nitrogens is 1. The van der Waals surface area contributed by atoms with Crippen molar-refractivity contribution in [2.24, 2.45) is 0 Å². The summed E-state index contributed by atoms with van der Waals surface area (Å²) in [4.78, 5) is 2.32. The first kappa shape index (κ1) is 15.0. The predicted molar refractivity (Wildman–Crippen MR) is 97.6 cm³/mol. The fraction of sp³-hybridized carbons (Fsp3) is 0.238. The van der Waals surface area contributed by atoms with Crippen LogP contribution in [0.15, 0.2) is 73.1 Å². The summed E-state index contributed by atoms with van der Waals surface area (Å²) < 4.78 is 8.23. The zero-order valence-electron chi connectivity index (χ0n) is 13.9. The first-order valence-electron chi connectivity index (χ1n) is 8.56. The van der Waals surface area contributed by atoms with E-state index < -0.39 is 0 Å². The van der Waals surface area contributed by atoms with Gasteiger partial charge < -0.3 is 14.2 Å². The maximum Gasteiger partial charge on any atom is 0.158 e. The Morgan fingerprint density at radius 1 is 1.00 bits per heavy atom. The van der Waals surface area contributed by atoms with Crippen molar-refractivity contribution in [1.29, 1.82) is 0 Å². The molecule has 0 amide bonds. The third-order valence-electron chi connectivity index (χ3n) is 4.63. The lowest BCUT2D eigenvalue weighted by molar-refractivity contribution is 0.114. The largest absolute Gasteiger partial charge is 0.352 e. The molecule has 2 heterocycles. The Morgan fingerprint density at radius 2 is 1.79 bits per heavy atom. The second kappa shape index (κ2) is 6.54. The molecule has 3 nitrogen and oxygen atoms in total. The van der Waals surface area contributed by atoms with Crippen molar-refractivity contribution >= 4 is 5.69 Å². The van der Waals surface area contributed by atoms with Gasteiger partial charge in [-0.3, -0.25) is 0 Å². The minimum atomic E-state index is -0.0116. The number of rotatable bonds is 4. The Hall–Kier alpha value is -2.52. The molecule has 3 heteroatoms. The monoisotopic (exact) mass is 318 g/mol. The standard InChI is InChI=1S/C21H22N2O/c1-2-17-8-6-7-11-20(17)22-13-12-18(16-22)21-23(14-15-24-21)19-9-4-3-5-10-19/h3-13,16,21H,2,14-15H2,1H3/t21-/m1/s1. The summed E-state index contributed by atoms with van der Waals surface area (Å²) in [6.07, 6.45) is 5.34. The fourth-order valence-corrected chi connectivity index (χ4v) is 3.40. The van der Waals surface area contributed by atoms with E-state index in [4.69, 9.17) is 4.74 Å². The van der Waals surface area contributed by atoms with E-state index in [0.717, 1.165) is 19.6 Å². The third-order valence-corrected chi connectivity index (χ3v) is 4.63. The minimum absolute atomic E-state index is 0.0116. The molecule has 3 aromatic rings. The van der Waals surface area contributed by atoms with E-state index in [9.17, 15) is 0 Å². The van der Waals surface area contributed by atoms with E-state index in [1.54, 1.807) is 0 Å². The van der Waals surface area contributed by atoms with Crippen LogP contribution >= 0.6 is 0 Å². The number of nitrogens with zero attached hydrogens (tertiary/aromatic N) is 2. The van der Waals surface area contributed by atoms with Crippen LogP contribution in [0, 0.1) is 0 Å². The lowest BCUT2D eigenvalue weighted by atomic mass is 10.1. The molecule has 4 rings (SSSR count). The summed E-state index contributed by atoms with van der Waals surface area (Å²) in [5, 5.41) is 0. The molecular weight excluding hydrogens is 296 g/mol. The van der Waals surface area contributed by atoms with Crippen LogP contribution in [0.3, 0.4) is 0 Å². The molecule has 1 aliphatic heterocycles. The predicted octanol–water partition coefficient (Wildman–Crippen LogP) is 4.58. The van der Waals surface area contributed by atoms with Crippen molar-refractivity contribution in [3.8, 4) is 5.69 Å². The molecule has 122 valence electrons. The summed E-state index contributed by atoms with van der Waals surface area (Å²) in [6.45, 7) is 3.88. The molecule has 0 saturated carbocycles. The van der Waals surface area contributed by atoms with Crippen LogP contribution in [0.2, 0.25) is 0 Å². The number of hydrogen-bond acceptors (Lipinski definition) is 2. The quantitative estimate of drug-likeness (QED) is 0.701. The highest BCUT2D eigenvalue weighted by molar-refractivity contribution is 5.49. The van der Waals surface area contributed by atoms with Gasteiger partial charge in [-0.05, 0) is 36.2 Å². The lowest BCUT2D eigenvalue weighted by Gasteiger charge is -2.24. The van der Waals surface area contributed by atoms with Gasteiger partial charge in [-0.1, -0.05) is 43.3 Å². The topological polar surface area (TPSA) is 17.4 Å². The van der Waals surface area contributed by atoms with Crippen molar-refractivity contribution < 1.29 is 4.74 Å². The average molecular weight is 318 g/mol. The molecular formula is C21H22N2O. The van der Waals surface area contributed by atoms with E-state index >= 15 is 0 Å². The van der Waals surface area contributed by atoms with Crippen molar-refractivity contribution in [2.75, 3.05) is 18.1 Å². The van der Waals surface area contributed by atoms with Crippen LogP contribution in [0.1, 0.15) is 24.3 Å². The summed E-state index contributed by atoms with van der Waals surface area (Å²) in [5.74, 6) is 0. The summed E-state index contributed by atoms with van der Waals surface area (Å²) in [5.41, 5.74) is 5.01. The number of anilines is 1. The maximum absolute atomic E-state index is 6.02. The van der Waals surface area contributed by atoms with Crippen LogP contribution < -0.4 is 4.90 Å². The highest BCUT2D eigenvalue weighted by Gasteiger charge is 2.27. The summed E-state index contributed by atoms with van der Waals surface area (Å²) in [6, 6.07) is 21.2. The summed E-state index contributed by atoms with van der Waals surface area (Å²) in [7, 11) is 0. The van der Waals surface area contributed by atoms with Gasteiger partial charge in [-0.25, -0.2) is 0 Å². The normalized spacial score (nSPS) is 17.4. The average Bonchev–Trinajstić information content (AvgIpc) is 3.31. The van der Waals surface area contributed by atoms with E-state index in [-0.39, 0.29) is 6.23 Å². The third kappa shape index (κ3) is 2.72. The molecule has 2 aromatic carbocycles. The number of aryl methyl sites for hydroxylation is 1. The van der Waals surface area contributed by atoms with Gasteiger partial charge in [0.1, 0.15) is 0 Å². The molecule has 0 N–H and O–H groups in total. The van der Waals surface area contributed by atoms with Crippen molar-refractivity contribution in [2.45, 2.75) is 19.6 Å². The first-order valence-corrected chi connectivity index (χ1v) is 8.56. The molecule has 0 unspecified atom stereocenters. The Balaban J connectivity index is 1.65. The number of ether oxygens (including phenoxy) is 1. The van der Waals surface area contributed by atoms with Gasteiger partial charge in [0.05, 0.1) is 6.61 Å². The second-order valence-corrected chi connectivity index (χ2v) is 6.09. The molecule has 1 aromatic heterocycles. The Labute approximate surface area is 143 Å². The Kier molecular flexibility index (Phi) is 4.09. The molecule has 0 aliphatic carbocycles. The van der Waals surface area contributed by atoms with Crippen molar-refractivity contribution in [3.63, 3.8) is 0 Å². The molecule has 0 radical (unpaired) electrons. The van der Waals surface area contributed by atoms with Crippen molar-refractivity contribution in [1.82, 2.24) is 4.57 Å². The fourth-order valence-electron chi connectivity index (χ4n) is 3.40. The van der Waals surface area contributed by atoms with Gasteiger partial charge in [0.15, 0.2) is 6.23 Å². The van der Waals surface area contributed by atoms with Crippen molar-refractivity contribution in [3.05, 3.63) is 84.2 Å². The molecule has 1 atom stereocenters. The van der Waals surface area contributed by atoms with Gasteiger partial charge in [-0.15, -0.1) is 0 Å². The maximum atomic E-state index is 6.02. The van der Waals surface area contributed by atoms with Gasteiger partial charge >= 0.3 is 0 Å². The SMILES string of the molecule is CCc1ccccc1-n1ccc([C@H]2OCCN2c2ccccc2)c1. The number of hydrogen-bond donors (Lipinski definition) is 0. The van der Waals surface area contributed by atoms with Crippen LogP contribution in [0.25, 0.3) is 5.69 Å². The smallest absolute Gasteiger partial charge is 0.158 e. The Morgan fingerprint density at radius 3 is 2.62 bits per heavy atom. The van der Waals surface area contributed by atoms with E-state index in [1.165, 1.54) is 22.5 Å². The molecule has 1 fully saturated rings. The molecule has 0 spiro atoms. The summed E-state index contributed by atoms with van der Waals surface area (Å²) >= 11 is 0. The van der Waals surface area contributed by atoms with Crippen LogP contribution in [-0.4, -0.2) is 17.7 Å². The number of para-hydroxylation sites is 2. The Bertz CT molecular complexity index is 809. The van der Waals surface area contributed by atoms with Gasteiger partial charge in [0.25, 0.3) is 0 Å². The van der Waals surface area contributed by atoms with Gasteiger partial charge in [0.2, 0.25) is 0 Å². The highest BCUT2D eigenvalue weighted by atomic mass is 16.5. The molecule has 1 aliphatic rings. The van der Waals surface area contributed by atoms with Crippen LogP contribution in [0.5, 0.6) is 0 Å². The van der Waals surface area contributed by atoms with E-state index in [0.29, 0.717) is 0 Å². The second-order valence-electron chi connectivity index (χ2n) is 6.09. The minimum Gasteiger partial charge on any atom is -0.352 e. The van der Waals surface area contributed by atoms with Crippen LogP contribution in [0.4, 0.5) is 5.69 Å². The van der Waals surface area contributed by atoms with Gasteiger partial charge in [-0.2, -0.15) is 0 Å². The molecule has 24 heavy (non-hydrogen) atoms. The molecule has 0 bridgehead atoms. The van der Waals surface area contributed by atoms with E-state index in [2.05, 4.69) is 83.4 Å². The lowest BCUT2D eigenvalue weighted by Crippen LogP contribution is -2.22. The number of benzene rings is 2. The molecule has 1 saturated heterocycles. The van der Waals surface area contributed by atoms with E-state index in [1.807, 2.05) is 6.07 Å². The zero-order valence-corrected chi connectivity index (χ0v) is 13.9. The van der Waals surface area contributed by atoms with Crippen LogP contribution in [-0.2, 0) is 11.2 Å². The van der Waals surface area contributed by atoms with Gasteiger partial charge in [0, 0.05) is 35.9 Å². The highest BCUT2D eigenvalue weighted by Crippen LogP contribution is 2.32.